The van der Waals surface area contributed by atoms with Gasteiger partial charge in [-0.3, -0.25) is 9.36 Å². The topological polar surface area (TPSA) is 68.2 Å². The fraction of sp³-hybridized carbons (Fsp3) is 0.400. The molecule has 0 saturated heterocycles. The molecule has 1 heterocycles. The second-order valence-electron chi connectivity index (χ2n) is 9.87. The van der Waals surface area contributed by atoms with Crippen LogP contribution in [0.25, 0.3) is 22.0 Å². The van der Waals surface area contributed by atoms with Gasteiger partial charge in [-0.25, -0.2) is 13.1 Å². The van der Waals surface area contributed by atoms with Crippen LogP contribution < -0.4 is 4.72 Å². The van der Waals surface area contributed by atoms with E-state index in [4.69, 9.17) is 0 Å². The van der Waals surface area contributed by atoms with E-state index in [-0.39, 0.29) is 11.5 Å². The third-order valence-corrected chi connectivity index (χ3v) is 8.04. The fourth-order valence-corrected chi connectivity index (χ4v) is 5.63. The summed E-state index contributed by atoms with van der Waals surface area (Å²) in [6.07, 6.45) is -1.70. The molecule has 1 aromatic heterocycles. The number of halogens is 3. The second kappa shape index (κ2) is 8.23. The highest BCUT2D eigenvalue weighted by atomic mass is 32.2. The number of rotatable bonds is 5. The van der Waals surface area contributed by atoms with Crippen LogP contribution >= 0.6 is 0 Å². The zero-order valence-corrected chi connectivity index (χ0v) is 20.2. The van der Waals surface area contributed by atoms with Crippen LogP contribution in [-0.4, -0.2) is 24.1 Å². The molecule has 1 aliphatic rings. The van der Waals surface area contributed by atoms with Crippen LogP contribution in [0.2, 0.25) is 0 Å². The Balaban J connectivity index is 1.88. The molecule has 4 rings (SSSR count). The lowest BCUT2D eigenvalue weighted by molar-refractivity contribution is -0.137. The first-order valence-corrected chi connectivity index (χ1v) is 12.6. The zero-order chi connectivity index (χ0) is 25.1. The molecule has 0 radical (unpaired) electrons. The van der Waals surface area contributed by atoms with Crippen LogP contribution in [0.4, 0.5) is 13.2 Å². The normalized spacial score (nSPS) is 16.1. The number of carbonyl (C=O) groups is 1. The minimum Gasteiger partial charge on any atom is -0.286 e. The quantitative estimate of drug-likeness (QED) is 0.464. The Morgan fingerprint density at radius 1 is 1.09 bits per heavy atom. The lowest BCUT2D eigenvalue weighted by Gasteiger charge is -2.18. The summed E-state index contributed by atoms with van der Waals surface area (Å²) in [5, 5.41) is 0.210. The second-order valence-corrected chi connectivity index (χ2v) is 11.9. The first-order chi connectivity index (χ1) is 15.7. The predicted molar refractivity (Wildman–Crippen MR) is 126 cm³/mol. The number of hydrogen-bond acceptors (Lipinski definition) is 3. The third kappa shape index (κ3) is 4.63. The number of nitrogens with one attached hydrogen (secondary N) is 1. The zero-order valence-electron chi connectivity index (χ0n) is 19.4. The van der Waals surface area contributed by atoms with Crippen LogP contribution in [0.15, 0.2) is 48.7 Å². The molecule has 0 bridgehead atoms. The number of hydrogen-bond donors (Lipinski definition) is 1. The summed E-state index contributed by atoms with van der Waals surface area (Å²) >= 11 is 0. The molecule has 1 fully saturated rings. The van der Waals surface area contributed by atoms with Gasteiger partial charge in [-0.05, 0) is 48.6 Å². The van der Waals surface area contributed by atoms with Gasteiger partial charge in [0.25, 0.3) is 0 Å². The number of sulfonamides is 1. The SMILES string of the molecule is C[C@@H](NS(=O)(=O)C1CC1)c1cn(C(=O)C(C)(C)C)c2cc(-c3ccccc3C(F)(F)F)ccc12. The van der Waals surface area contributed by atoms with Gasteiger partial charge < -0.3 is 0 Å². The van der Waals surface area contributed by atoms with Crippen molar-refractivity contribution in [2.75, 3.05) is 0 Å². The largest absolute Gasteiger partial charge is 0.417 e. The van der Waals surface area contributed by atoms with Crippen molar-refractivity contribution in [3.05, 3.63) is 59.8 Å². The molecule has 182 valence electrons. The van der Waals surface area contributed by atoms with Crippen molar-refractivity contribution in [3.8, 4) is 11.1 Å². The number of fused-ring (bicyclic) bond motifs is 1. The maximum absolute atomic E-state index is 13.6. The van der Waals surface area contributed by atoms with Crippen molar-refractivity contribution in [2.45, 2.75) is 58.0 Å². The molecule has 2 aromatic carbocycles. The Hall–Kier alpha value is -2.65. The first-order valence-electron chi connectivity index (χ1n) is 11.1. The highest BCUT2D eigenvalue weighted by molar-refractivity contribution is 7.90. The molecule has 3 aromatic rings. The van der Waals surface area contributed by atoms with Gasteiger partial charge in [-0.1, -0.05) is 51.1 Å². The van der Waals surface area contributed by atoms with Crippen molar-refractivity contribution in [3.63, 3.8) is 0 Å². The van der Waals surface area contributed by atoms with E-state index in [9.17, 15) is 26.4 Å². The Kier molecular flexibility index (Phi) is 5.93. The van der Waals surface area contributed by atoms with E-state index in [1.807, 2.05) is 0 Å². The van der Waals surface area contributed by atoms with Crippen LogP contribution in [0.5, 0.6) is 0 Å². The van der Waals surface area contributed by atoms with Crippen LogP contribution in [-0.2, 0) is 16.2 Å². The molecule has 1 N–H and O–H groups in total. The summed E-state index contributed by atoms with van der Waals surface area (Å²) < 4.78 is 70.0. The van der Waals surface area contributed by atoms with E-state index in [0.29, 0.717) is 34.9 Å². The van der Waals surface area contributed by atoms with E-state index in [1.165, 1.54) is 22.8 Å². The minimum atomic E-state index is -4.53. The lowest BCUT2D eigenvalue weighted by Crippen LogP contribution is -2.30. The van der Waals surface area contributed by atoms with Gasteiger partial charge in [0.2, 0.25) is 15.9 Å². The van der Waals surface area contributed by atoms with Crippen molar-refractivity contribution < 1.29 is 26.4 Å². The Labute approximate surface area is 197 Å². The van der Waals surface area contributed by atoms with Crippen molar-refractivity contribution in [1.82, 2.24) is 9.29 Å². The summed E-state index contributed by atoms with van der Waals surface area (Å²) in [4.78, 5) is 13.2. The molecule has 0 aliphatic heterocycles. The standard InChI is InChI=1S/C25H27F3N2O3S/c1-15(29-34(32,33)17-10-11-17)20-14-30(23(31)24(2,3)4)22-13-16(9-12-19(20)22)18-7-5-6-8-21(18)25(26,27)28/h5-9,12-15,17,29H,10-11H2,1-4H3/t15-/m1/s1. The maximum Gasteiger partial charge on any atom is 0.417 e. The van der Waals surface area contributed by atoms with E-state index < -0.39 is 38.5 Å². The summed E-state index contributed by atoms with van der Waals surface area (Å²) in [6, 6.07) is 9.47. The lowest BCUT2D eigenvalue weighted by atomic mass is 9.95. The summed E-state index contributed by atoms with van der Waals surface area (Å²) in [7, 11) is -3.48. The number of benzene rings is 2. The molecule has 1 aliphatic carbocycles. The molecule has 34 heavy (non-hydrogen) atoms. The Morgan fingerprint density at radius 2 is 1.74 bits per heavy atom. The van der Waals surface area contributed by atoms with Gasteiger partial charge in [0.1, 0.15) is 0 Å². The molecule has 1 atom stereocenters. The van der Waals surface area contributed by atoms with Gasteiger partial charge in [0.05, 0.1) is 16.3 Å². The number of nitrogens with zero attached hydrogens (tertiary/aromatic N) is 1. The average Bonchev–Trinajstić information content (AvgIpc) is 3.53. The number of aromatic nitrogens is 1. The fourth-order valence-electron chi connectivity index (χ4n) is 4.06. The van der Waals surface area contributed by atoms with Crippen molar-refractivity contribution in [2.24, 2.45) is 5.41 Å². The van der Waals surface area contributed by atoms with Crippen LogP contribution in [0.1, 0.15) is 62.5 Å². The van der Waals surface area contributed by atoms with Crippen molar-refractivity contribution in [1.29, 1.82) is 0 Å². The van der Waals surface area contributed by atoms with Crippen molar-refractivity contribution >= 4 is 26.8 Å². The molecular formula is C25H27F3N2O3S. The smallest absolute Gasteiger partial charge is 0.286 e. The van der Waals surface area contributed by atoms with Gasteiger partial charge >= 0.3 is 6.18 Å². The van der Waals surface area contributed by atoms with Gasteiger partial charge in [0, 0.05) is 23.0 Å². The molecule has 9 heteroatoms. The minimum absolute atomic E-state index is 0.0110. The van der Waals surface area contributed by atoms with E-state index in [2.05, 4.69) is 4.72 Å². The van der Waals surface area contributed by atoms with E-state index in [1.54, 1.807) is 52.1 Å². The van der Waals surface area contributed by atoms with E-state index >= 15 is 0 Å². The highest BCUT2D eigenvalue weighted by Gasteiger charge is 2.37. The third-order valence-electron chi connectivity index (χ3n) is 6.01. The van der Waals surface area contributed by atoms with Crippen LogP contribution in [0, 0.1) is 5.41 Å². The molecule has 5 nitrogen and oxygen atoms in total. The number of alkyl halides is 3. The Bertz CT molecular complexity index is 1360. The molecule has 0 amide bonds. The summed E-state index contributed by atoms with van der Waals surface area (Å²) in [6.45, 7) is 6.96. The van der Waals surface area contributed by atoms with Gasteiger partial charge in [-0.15, -0.1) is 0 Å². The van der Waals surface area contributed by atoms with Gasteiger partial charge in [-0.2, -0.15) is 13.2 Å². The molecule has 1 saturated carbocycles. The average molecular weight is 493 g/mol. The molecule has 0 spiro atoms. The predicted octanol–water partition coefficient (Wildman–Crippen LogP) is 6.16. The maximum atomic E-state index is 13.6. The Morgan fingerprint density at radius 3 is 2.32 bits per heavy atom. The number of carbonyl (C=O) groups excluding carboxylic acids is 1. The molecule has 0 unspecified atom stereocenters. The summed E-state index contributed by atoms with van der Waals surface area (Å²) in [5.74, 6) is -0.248. The van der Waals surface area contributed by atoms with Crippen LogP contribution in [0.3, 0.4) is 0 Å². The van der Waals surface area contributed by atoms with Gasteiger partial charge in [0.15, 0.2) is 0 Å². The van der Waals surface area contributed by atoms with E-state index in [0.717, 1.165) is 6.07 Å². The summed E-state index contributed by atoms with van der Waals surface area (Å²) in [5.41, 5.74) is -0.175. The molecular weight excluding hydrogens is 465 g/mol. The highest BCUT2D eigenvalue weighted by Crippen LogP contribution is 2.39. The first kappa shape index (κ1) is 24.5. The monoisotopic (exact) mass is 492 g/mol.